The summed E-state index contributed by atoms with van der Waals surface area (Å²) >= 11 is 0. The summed E-state index contributed by atoms with van der Waals surface area (Å²) in [5.74, 6) is -3.58. The molecule has 0 amide bonds. The smallest absolute Gasteiger partial charge is 0.475 e. The van der Waals surface area contributed by atoms with E-state index >= 15 is 0 Å². The maximum absolute atomic E-state index is 10.6. The van der Waals surface area contributed by atoms with Crippen molar-refractivity contribution in [1.82, 2.24) is 14.9 Å². The quantitative estimate of drug-likeness (QED) is 0.666. The minimum absolute atomic E-state index is 0.653. The second kappa shape index (κ2) is 10.1. The maximum Gasteiger partial charge on any atom is 0.490 e. The highest BCUT2D eigenvalue weighted by molar-refractivity contribution is 5.73. The number of aliphatic carboxylic acids is 2. The van der Waals surface area contributed by atoms with Crippen molar-refractivity contribution in [3.05, 3.63) is 17.7 Å². The van der Waals surface area contributed by atoms with Crippen LogP contribution < -0.4 is 5.32 Å². The lowest BCUT2D eigenvalue weighted by Gasteiger charge is -2.27. The van der Waals surface area contributed by atoms with Crippen LogP contribution in [0.25, 0.3) is 0 Å². The Labute approximate surface area is 150 Å². The Kier molecular flexibility index (Phi) is 9.27. The SMILES string of the molecule is CCCn1c(C)cnc1C1CNC1.O=C(O)C(F)(F)F.O=C(O)C(F)(F)F. The molecule has 1 saturated heterocycles. The Bertz CT molecular complexity index is 599. The van der Waals surface area contributed by atoms with E-state index in [1.54, 1.807) is 0 Å². The van der Waals surface area contributed by atoms with Crippen molar-refractivity contribution in [2.45, 2.75) is 45.1 Å². The molecule has 0 radical (unpaired) electrons. The number of nitrogens with one attached hydrogen (secondary N) is 1. The first-order chi connectivity index (χ1) is 12.2. The molecule has 0 saturated carbocycles. The summed E-state index contributed by atoms with van der Waals surface area (Å²) < 4.78 is 65.8. The zero-order chi connectivity index (χ0) is 21.4. The number of carboxylic acids is 2. The molecule has 1 aliphatic rings. The number of carbonyl (C=O) groups is 2. The summed E-state index contributed by atoms with van der Waals surface area (Å²) in [5, 5.41) is 17.5. The number of hydrogen-bond acceptors (Lipinski definition) is 4. The molecule has 156 valence electrons. The predicted octanol–water partition coefficient (Wildman–Crippen LogP) is 2.55. The number of aryl methyl sites for hydroxylation is 1. The molecule has 3 N–H and O–H groups in total. The third-order valence-corrected chi connectivity index (χ3v) is 3.16. The van der Waals surface area contributed by atoms with Crippen LogP contribution in [-0.4, -0.2) is 57.1 Å². The number of alkyl halides is 6. The van der Waals surface area contributed by atoms with Gasteiger partial charge < -0.3 is 20.1 Å². The molecule has 2 rings (SSSR count). The number of aromatic nitrogens is 2. The van der Waals surface area contributed by atoms with E-state index in [0.717, 1.165) is 19.6 Å². The lowest BCUT2D eigenvalue weighted by atomic mass is 10.0. The van der Waals surface area contributed by atoms with E-state index in [1.807, 2.05) is 6.20 Å². The minimum atomic E-state index is -5.08. The summed E-state index contributed by atoms with van der Waals surface area (Å²) in [6, 6.07) is 0. The zero-order valence-corrected chi connectivity index (χ0v) is 14.4. The van der Waals surface area contributed by atoms with E-state index in [4.69, 9.17) is 19.8 Å². The second-order valence-corrected chi connectivity index (χ2v) is 5.37. The lowest BCUT2D eigenvalue weighted by molar-refractivity contribution is -0.193. The van der Waals surface area contributed by atoms with Crippen molar-refractivity contribution in [3.63, 3.8) is 0 Å². The molecule has 2 heterocycles. The van der Waals surface area contributed by atoms with Gasteiger partial charge in [-0.3, -0.25) is 0 Å². The van der Waals surface area contributed by atoms with Crippen molar-refractivity contribution in [2.75, 3.05) is 13.1 Å². The normalized spacial score (nSPS) is 14.2. The summed E-state index contributed by atoms with van der Waals surface area (Å²) in [4.78, 5) is 22.3. The van der Waals surface area contributed by atoms with Crippen LogP contribution in [-0.2, 0) is 16.1 Å². The largest absolute Gasteiger partial charge is 0.490 e. The van der Waals surface area contributed by atoms with E-state index in [-0.39, 0.29) is 0 Å². The molecule has 13 heteroatoms. The zero-order valence-electron chi connectivity index (χ0n) is 14.4. The van der Waals surface area contributed by atoms with Gasteiger partial charge in [-0.1, -0.05) is 6.92 Å². The molecule has 0 aliphatic carbocycles. The van der Waals surface area contributed by atoms with Crippen LogP contribution in [0.4, 0.5) is 26.3 Å². The number of nitrogens with zero attached hydrogens (tertiary/aromatic N) is 2. The van der Waals surface area contributed by atoms with Crippen molar-refractivity contribution in [2.24, 2.45) is 0 Å². The van der Waals surface area contributed by atoms with Gasteiger partial charge in [0.1, 0.15) is 5.82 Å². The van der Waals surface area contributed by atoms with E-state index in [1.165, 1.54) is 17.9 Å². The van der Waals surface area contributed by atoms with Crippen molar-refractivity contribution in [3.8, 4) is 0 Å². The molecule has 7 nitrogen and oxygen atoms in total. The van der Waals surface area contributed by atoms with Crippen molar-refractivity contribution >= 4 is 11.9 Å². The molecule has 0 spiro atoms. The molecule has 1 aromatic heterocycles. The van der Waals surface area contributed by atoms with Gasteiger partial charge in [0.05, 0.1) is 0 Å². The Morgan fingerprint density at radius 1 is 1.15 bits per heavy atom. The molecule has 1 fully saturated rings. The van der Waals surface area contributed by atoms with E-state index in [9.17, 15) is 26.3 Å². The standard InChI is InChI=1S/C10H17N3.2C2HF3O2/c1-3-4-13-8(2)5-12-10(13)9-6-11-7-9;2*3-2(4,5)1(6)7/h5,9,11H,3-4,6-7H2,1-2H3;2*(H,6,7). The highest BCUT2D eigenvalue weighted by Gasteiger charge is 2.38. The van der Waals surface area contributed by atoms with E-state index < -0.39 is 24.3 Å². The molecule has 0 atom stereocenters. The highest BCUT2D eigenvalue weighted by atomic mass is 19.4. The minimum Gasteiger partial charge on any atom is -0.475 e. The first kappa shape index (κ1) is 24.7. The van der Waals surface area contributed by atoms with E-state index in [2.05, 4.69) is 28.7 Å². The Balaban J connectivity index is 0.000000416. The molecule has 0 bridgehead atoms. The lowest BCUT2D eigenvalue weighted by Crippen LogP contribution is -2.41. The first-order valence-corrected chi connectivity index (χ1v) is 7.54. The summed E-state index contributed by atoms with van der Waals surface area (Å²) in [7, 11) is 0. The average molecular weight is 407 g/mol. The van der Waals surface area contributed by atoms with Gasteiger partial charge in [0, 0.05) is 37.4 Å². The van der Waals surface area contributed by atoms with Crippen LogP contribution in [0, 0.1) is 6.92 Å². The number of halogens is 6. The molecule has 1 aromatic rings. The number of imidazole rings is 1. The molecule has 0 aromatic carbocycles. The molecule has 27 heavy (non-hydrogen) atoms. The first-order valence-electron chi connectivity index (χ1n) is 7.54. The van der Waals surface area contributed by atoms with Gasteiger partial charge in [-0.2, -0.15) is 26.3 Å². The van der Waals surface area contributed by atoms with Crippen molar-refractivity contribution in [1.29, 1.82) is 0 Å². The monoisotopic (exact) mass is 407 g/mol. The van der Waals surface area contributed by atoms with Gasteiger partial charge in [-0.05, 0) is 13.3 Å². The van der Waals surface area contributed by atoms with Crippen LogP contribution in [0.5, 0.6) is 0 Å². The fourth-order valence-corrected chi connectivity index (χ4v) is 1.79. The molecular formula is C14H19F6N3O4. The maximum atomic E-state index is 10.6. The number of hydrogen-bond donors (Lipinski definition) is 3. The third-order valence-electron chi connectivity index (χ3n) is 3.16. The van der Waals surface area contributed by atoms with Gasteiger partial charge in [-0.15, -0.1) is 0 Å². The second-order valence-electron chi connectivity index (χ2n) is 5.37. The fourth-order valence-electron chi connectivity index (χ4n) is 1.79. The van der Waals surface area contributed by atoms with Gasteiger partial charge >= 0.3 is 24.3 Å². The van der Waals surface area contributed by atoms with Crippen LogP contribution in [0.2, 0.25) is 0 Å². The number of carboxylic acid groups (broad SMARTS) is 2. The summed E-state index contributed by atoms with van der Waals surface area (Å²) in [5.41, 5.74) is 1.30. The summed E-state index contributed by atoms with van der Waals surface area (Å²) in [6.07, 6.45) is -6.99. The van der Waals surface area contributed by atoms with E-state index in [0.29, 0.717) is 5.92 Å². The third kappa shape index (κ3) is 8.75. The van der Waals surface area contributed by atoms with Crippen LogP contribution in [0.15, 0.2) is 6.20 Å². The van der Waals surface area contributed by atoms with Crippen LogP contribution in [0.1, 0.15) is 30.8 Å². The van der Waals surface area contributed by atoms with Gasteiger partial charge in [0.25, 0.3) is 0 Å². The molecule has 0 unspecified atom stereocenters. The molecular weight excluding hydrogens is 388 g/mol. The fraction of sp³-hybridized carbons (Fsp3) is 0.643. The summed E-state index contributed by atoms with van der Waals surface area (Å²) in [6.45, 7) is 7.65. The van der Waals surface area contributed by atoms with Crippen molar-refractivity contribution < 1.29 is 46.1 Å². The molecule has 1 aliphatic heterocycles. The predicted molar refractivity (Wildman–Crippen MR) is 80.2 cm³/mol. The average Bonchev–Trinajstić information content (AvgIpc) is 2.79. The topological polar surface area (TPSA) is 104 Å². The Hall–Kier alpha value is -2.31. The van der Waals surface area contributed by atoms with Gasteiger partial charge in [-0.25, -0.2) is 14.6 Å². The number of rotatable bonds is 3. The van der Waals surface area contributed by atoms with Gasteiger partial charge in [0.2, 0.25) is 0 Å². The van der Waals surface area contributed by atoms with Gasteiger partial charge in [0.15, 0.2) is 0 Å². The highest BCUT2D eigenvalue weighted by Crippen LogP contribution is 2.20. The van der Waals surface area contributed by atoms with Crippen LogP contribution >= 0.6 is 0 Å². The Morgan fingerprint density at radius 2 is 1.56 bits per heavy atom. The van der Waals surface area contributed by atoms with Crippen LogP contribution in [0.3, 0.4) is 0 Å². The Morgan fingerprint density at radius 3 is 1.81 bits per heavy atom.